The van der Waals surface area contributed by atoms with Gasteiger partial charge in [0.25, 0.3) is 5.91 Å². The molecular weight excluding hydrogens is 266 g/mol. The number of urea groups is 1. The minimum atomic E-state index is -1.16. The SMILES string of the molecule is CN(C)C1CCCN(C(=O)NC(=O)COCC(=O)O)C1. The molecule has 8 heteroatoms. The average Bonchev–Trinajstić information content (AvgIpc) is 2.38. The Morgan fingerprint density at radius 2 is 2.05 bits per heavy atom. The fraction of sp³-hybridized carbons (Fsp3) is 0.750. The molecule has 1 rings (SSSR count). The maximum Gasteiger partial charge on any atom is 0.329 e. The van der Waals surface area contributed by atoms with Gasteiger partial charge in [0.1, 0.15) is 13.2 Å². The van der Waals surface area contributed by atoms with Crippen LogP contribution in [0.2, 0.25) is 0 Å². The Labute approximate surface area is 117 Å². The summed E-state index contributed by atoms with van der Waals surface area (Å²) in [5.41, 5.74) is 0. The lowest BCUT2D eigenvalue weighted by atomic mass is 10.1. The second-order valence-electron chi connectivity index (χ2n) is 4.95. The van der Waals surface area contributed by atoms with Crippen LogP contribution in [0.1, 0.15) is 12.8 Å². The van der Waals surface area contributed by atoms with Crippen molar-refractivity contribution in [1.29, 1.82) is 0 Å². The molecule has 0 aliphatic carbocycles. The highest BCUT2D eigenvalue weighted by molar-refractivity contribution is 5.95. The lowest BCUT2D eigenvalue weighted by Crippen LogP contribution is -2.52. The molecule has 20 heavy (non-hydrogen) atoms. The van der Waals surface area contributed by atoms with Gasteiger partial charge in [0.2, 0.25) is 0 Å². The quantitative estimate of drug-likeness (QED) is 0.697. The minimum Gasteiger partial charge on any atom is -0.480 e. The van der Waals surface area contributed by atoms with Crippen molar-refractivity contribution in [2.45, 2.75) is 18.9 Å². The molecule has 8 nitrogen and oxygen atoms in total. The topological polar surface area (TPSA) is 99.2 Å². The van der Waals surface area contributed by atoms with Gasteiger partial charge in [-0.1, -0.05) is 0 Å². The summed E-state index contributed by atoms with van der Waals surface area (Å²) < 4.78 is 4.61. The molecule has 0 saturated carbocycles. The van der Waals surface area contributed by atoms with Gasteiger partial charge in [0.05, 0.1) is 0 Å². The van der Waals surface area contributed by atoms with Crippen molar-refractivity contribution in [2.24, 2.45) is 0 Å². The number of hydrogen-bond acceptors (Lipinski definition) is 5. The summed E-state index contributed by atoms with van der Waals surface area (Å²) >= 11 is 0. The molecule has 2 N–H and O–H groups in total. The second kappa shape index (κ2) is 7.81. The van der Waals surface area contributed by atoms with Crippen LogP contribution < -0.4 is 5.32 Å². The van der Waals surface area contributed by atoms with E-state index in [1.807, 2.05) is 14.1 Å². The van der Waals surface area contributed by atoms with Crippen LogP contribution in [0.3, 0.4) is 0 Å². The van der Waals surface area contributed by atoms with Gasteiger partial charge < -0.3 is 19.6 Å². The zero-order chi connectivity index (χ0) is 15.1. The van der Waals surface area contributed by atoms with E-state index in [0.29, 0.717) is 13.1 Å². The standard InChI is InChI=1S/C12H21N3O5/c1-14(2)9-4-3-5-15(6-9)12(19)13-10(16)7-20-8-11(17)18/h9H,3-8H2,1-2H3,(H,17,18)(H,13,16,19). The average molecular weight is 287 g/mol. The normalized spacial score (nSPS) is 18.9. The third-order valence-electron chi connectivity index (χ3n) is 3.12. The molecule has 0 bridgehead atoms. The van der Waals surface area contributed by atoms with Crippen molar-refractivity contribution in [1.82, 2.24) is 15.1 Å². The molecule has 0 spiro atoms. The number of ether oxygens (including phenoxy) is 1. The third kappa shape index (κ3) is 5.54. The monoisotopic (exact) mass is 287 g/mol. The molecule has 114 valence electrons. The largest absolute Gasteiger partial charge is 0.480 e. The molecule has 1 aliphatic rings. The van der Waals surface area contributed by atoms with Gasteiger partial charge in [-0.2, -0.15) is 0 Å². The highest BCUT2D eigenvalue weighted by Crippen LogP contribution is 2.13. The molecule has 0 aromatic rings. The zero-order valence-electron chi connectivity index (χ0n) is 11.8. The van der Waals surface area contributed by atoms with Gasteiger partial charge in [-0.15, -0.1) is 0 Å². The number of rotatable bonds is 5. The van der Waals surface area contributed by atoms with E-state index in [2.05, 4.69) is 15.0 Å². The van der Waals surface area contributed by atoms with E-state index in [-0.39, 0.29) is 6.04 Å². The molecule has 3 amide bonds. The van der Waals surface area contributed by atoms with Crippen molar-refractivity contribution < 1.29 is 24.2 Å². The number of amides is 3. The summed E-state index contributed by atoms with van der Waals surface area (Å²) in [4.78, 5) is 37.1. The maximum atomic E-state index is 11.9. The van der Waals surface area contributed by atoms with E-state index in [9.17, 15) is 14.4 Å². The molecule has 1 unspecified atom stereocenters. The molecule has 1 aliphatic heterocycles. The summed E-state index contributed by atoms with van der Waals surface area (Å²) in [6, 6.07) is -0.173. The van der Waals surface area contributed by atoms with E-state index in [1.165, 1.54) is 0 Å². The summed E-state index contributed by atoms with van der Waals surface area (Å²) in [6.07, 6.45) is 1.91. The van der Waals surface area contributed by atoms with Crippen LogP contribution in [0.25, 0.3) is 0 Å². The van der Waals surface area contributed by atoms with Crippen LogP contribution in [0.5, 0.6) is 0 Å². The predicted octanol–water partition coefficient (Wildman–Crippen LogP) is -0.650. The molecule has 1 saturated heterocycles. The molecule has 1 heterocycles. The summed E-state index contributed by atoms with van der Waals surface area (Å²) in [6.45, 7) is 0.179. The first-order chi connectivity index (χ1) is 9.40. The Bertz CT molecular complexity index is 372. The predicted molar refractivity (Wildman–Crippen MR) is 70.3 cm³/mol. The Kier molecular flexibility index (Phi) is 6.40. The van der Waals surface area contributed by atoms with Crippen LogP contribution in [-0.4, -0.2) is 79.3 Å². The number of carboxylic acid groups (broad SMARTS) is 1. The lowest BCUT2D eigenvalue weighted by Gasteiger charge is -2.35. The van der Waals surface area contributed by atoms with Crippen LogP contribution in [0.15, 0.2) is 0 Å². The Hall–Kier alpha value is -1.67. The number of carboxylic acids is 1. The first-order valence-electron chi connectivity index (χ1n) is 6.45. The highest BCUT2D eigenvalue weighted by atomic mass is 16.5. The number of aliphatic carboxylic acids is 1. The Morgan fingerprint density at radius 3 is 2.65 bits per heavy atom. The van der Waals surface area contributed by atoms with Crippen LogP contribution in [-0.2, 0) is 14.3 Å². The molecule has 0 radical (unpaired) electrons. The van der Waals surface area contributed by atoms with E-state index >= 15 is 0 Å². The van der Waals surface area contributed by atoms with E-state index in [1.54, 1.807) is 4.90 Å². The molecule has 1 atom stereocenters. The lowest BCUT2D eigenvalue weighted by molar-refractivity contribution is -0.143. The number of hydrogen-bond donors (Lipinski definition) is 2. The fourth-order valence-corrected chi connectivity index (χ4v) is 2.03. The summed E-state index contributed by atoms with van der Waals surface area (Å²) in [7, 11) is 3.91. The van der Waals surface area contributed by atoms with Gasteiger partial charge >= 0.3 is 12.0 Å². The minimum absolute atomic E-state index is 0.285. The van der Waals surface area contributed by atoms with Crippen molar-refractivity contribution in [2.75, 3.05) is 40.4 Å². The molecule has 0 aromatic carbocycles. The number of nitrogens with zero attached hydrogens (tertiary/aromatic N) is 2. The first kappa shape index (κ1) is 16.4. The number of carbonyl (C=O) groups is 3. The van der Waals surface area contributed by atoms with Crippen molar-refractivity contribution >= 4 is 17.9 Å². The number of likely N-dealkylation sites (N-methyl/N-ethyl adjacent to an activating group) is 1. The summed E-state index contributed by atoms with van der Waals surface area (Å²) in [5.74, 6) is -1.79. The van der Waals surface area contributed by atoms with Gasteiger partial charge in [-0.3, -0.25) is 10.1 Å². The van der Waals surface area contributed by atoms with Crippen molar-refractivity contribution in [3.05, 3.63) is 0 Å². The summed E-state index contributed by atoms with van der Waals surface area (Å²) in [5, 5.41) is 10.6. The highest BCUT2D eigenvalue weighted by Gasteiger charge is 2.25. The van der Waals surface area contributed by atoms with Gasteiger partial charge in [-0.05, 0) is 26.9 Å². The molecule has 0 aromatic heterocycles. The van der Waals surface area contributed by atoms with Crippen LogP contribution >= 0.6 is 0 Å². The molecular formula is C12H21N3O5. The number of piperidine rings is 1. The third-order valence-corrected chi connectivity index (χ3v) is 3.12. The van der Waals surface area contributed by atoms with Crippen LogP contribution in [0, 0.1) is 0 Å². The van der Waals surface area contributed by atoms with Crippen molar-refractivity contribution in [3.63, 3.8) is 0 Å². The van der Waals surface area contributed by atoms with Gasteiger partial charge in [-0.25, -0.2) is 9.59 Å². The second-order valence-corrected chi connectivity index (χ2v) is 4.95. The van der Waals surface area contributed by atoms with Gasteiger partial charge in [0.15, 0.2) is 0 Å². The van der Waals surface area contributed by atoms with E-state index in [0.717, 1.165) is 12.8 Å². The fourth-order valence-electron chi connectivity index (χ4n) is 2.03. The van der Waals surface area contributed by atoms with Gasteiger partial charge in [0, 0.05) is 19.1 Å². The Morgan fingerprint density at radius 1 is 1.35 bits per heavy atom. The number of nitrogens with one attached hydrogen (secondary N) is 1. The number of imide groups is 1. The van der Waals surface area contributed by atoms with Crippen LogP contribution in [0.4, 0.5) is 4.79 Å². The first-order valence-corrected chi connectivity index (χ1v) is 6.45. The number of carbonyl (C=O) groups excluding carboxylic acids is 2. The van der Waals surface area contributed by atoms with Crippen molar-refractivity contribution in [3.8, 4) is 0 Å². The Balaban J connectivity index is 2.34. The maximum absolute atomic E-state index is 11.9. The number of likely N-dealkylation sites (tertiary alicyclic amines) is 1. The zero-order valence-corrected chi connectivity index (χ0v) is 11.8. The molecule has 1 fully saturated rings. The van der Waals surface area contributed by atoms with E-state index in [4.69, 9.17) is 5.11 Å². The van der Waals surface area contributed by atoms with E-state index < -0.39 is 31.1 Å². The smallest absolute Gasteiger partial charge is 0.329 e.